The lowest BCUT2D eigenvalue weighted by Gasteiger charge is -2.00. The fourth-order valence-electron chi connectivity index (χ4n) is 1.74. The minimum absolute atomic E-state index is 1.38. The molecule has 0 atom stereocenters. The molecule has 0 aromatic heterocycles. The van der Waals surface area contributed by atoms with E-state index in [1.807, 2.05) is 0 Å². The van der Waals surface area contributed by atoms with Crippen molar-refractivity contribution in [2.24, 2.45) is 0 Å². The van der Waals surface area contributed by atoms with Crippen molar-refractivity contribution in [1.29, 1.82) is 0 Å². The van der Waals surface area contributed by atoms with Gasteiger partial charge in [0.1, 0.15) is 0 Å². The van der Waals surface area contributed by atoms with Gasteiger partial charge in [0.25, 0.3) is 0 Å². The van der Waals surface area contributed by atoms with Gasteiger partial charge >= 0.3 is 0 Å². The summed E-state index contributed by atoms with van der Waals surface area (Å²) in [5, 5.41) is 0. The van der Waals surface area contributed by atoms with E-state index in [2.05, 4.69) is 20.1 Å². The molecule has 0 aromatic carbocycles. The number of hydrogen-bond acceptors (Lipinski definition) is 0. The van der Waals surface area contributed by atoms with Gasteiger partial charge in [0, 0.05) is 10.2 Å². The highest BCUT2D eigenvalue weighted by Gasteiger charge is 1.90. The lowest BCUT2D eigenvalue weighted by atomic mass is 10.1. The Morgan fingerprint density at radius 2 is 1.00 bits per heavy atom. The van der Waals surface area contributed by atoms with E-state index in [1.54, 1.807) is 0 Å². The number of rotatable bonds is 10. The second kappa shape index (κ2) is 19.5. The Morgan fingerprint density at radius 1 is 0.667 bits per heavy atom. The van der Waals surface area contributed by atoms with E-state index < -0.39 is 0 Å². The van der Waals surface area contributed by atoms with Gasteiger partial charge < -0.3 is 0 Å². The van der Waals surface area contributed by atoms with Crippen molar-refractivity contribution in [2.45, 2.75) is 77.2 Å². The van der Waals surface area contributed by atoms with Crippen molar-refractivity contribution in [3.05, 3.63) is 13.2 Å². The second-order valence-electron chi connectivity index (χ2n) is 4.18. The molecule has 0 aliphatic rings. The predicted octanol–water partition coefficient (Wildman–Crippen LogP) is 4.49. The van der Waals surface area contributed by atoms with Crippen LogP contribution < -0.4 is 0 Å². The van der Waals surface area contributed by atoms with Gasteiger partial charge in [-0.3, -0.25) is 0 Å². The lowest BCUT2D eigenvalue weighted by Crippen LogP contribution is -1.81. The zero-order valence-corrected chi connectivity index (χ0v) is 13.2. The highest BCUT2D eigenvalue weighted by Crippen LogP contribution is 2.10. The molecule has 0 aliphatic carbocycles. The molecular weight excluding hydrogens is 196 g/mol. The van der Waals surface area contributed by atoms with Gasteiger partial charge in [0.05, 0.1) is 0 Å². The SMILES string of the molecule is C=C.CCCCCCCCCCCC[SiH3]. The molecule has 0 heterocycles. The van der Waals surface area contributed by atoms with Crippen LogP contribution in [-0.2, 0) is 0 Å². The molecule has 0 rings (SSSR count). The first kappa shape index (κ1) is 17.4. The minimum Gasteiger partial charge on any atom is -0.106 e. The fraction of sp³-hybridized carbons (Fsp3) is 0.857. The zero-order valence-electron chi connectivity index (χ0n) is 11.2. The van der Waals surface area contributed by atoms with Gasteiger partial charge in [-0.1, -0.05) is 77.2 Å². The summed E-state index contributed by atoms with van der Waals surface area (Å²) in [5.41, 5.74) is 0. The Labute approximate surface area is 101 Å². The van der Waals surface area contributed by atoms with Crippen LogP contribution in [0, 0.1) is 0 Å². The summed E-state index contributed by atoms with van der Waals surface area (Å²) >= 11 is 0. The standard InChI is InChI=1S/C12H28Si.C2H4/c1-2-3-4-5-6-7-8-9-10-11-12-13;1-2/h2-12H2,1,13H3;1-2H2. The third kappa shape index (κ3) is 20.1. The lowest BCUT2D eigenvalue weighted by molar-refractivity contribution is 0.562. The second-order valence-corrected chi connectivity index (χ2v) is 5.18. The molecule has 0 N–H and O–H groups in total. The van der Waals surface area contributed by atoms with Gasteiger partial charge in [0.15, 0.2) is 0 Å². The Kier molecular flexibility index (Phi) is 22.6. The smallest absolute Gasteiger partial charge is 0.00279 e. The third-order valence-corrected chi connectivity index (χ3v) is 3.41. The van der Waals surface area contributed by atoms with Crippen LogP contribution >= 0.6 is 0 Å². The average Bonchev–Trinajstić information content (AvgIpc) is 2.30. The molecule has 0 fully saturated rings. The molecule has 1 heteroatoms. The molecular formula is C14H32Si. The maximum absolute atomic E-state index is 3.00. The van der Waals surface area contributed by atoms with Crippen molar-refractivity contribution < 1.29 is 0 Å². The normalized spacial score (nSPS) is 9.67. The summed E-state index contributed by atoms with van der Waals surface area (Å²) in [7, 11) is 1.41. The summed E-state index contributed by atoms with van der Waals surface area (Å²) in [6, 6.07) is 1.51. The first-order valence-corrected chi connectivity index (χ1v) is 8.33. The summed E-state index contributed by atoms with van der Waals surface area (Å²) < 4.78 is 0. The van der Waals surface area contributed by atoms with Crippen LogP contribution in [0.2, 0.25) is 6.04 Å². The van der Waals surface area contributed by atoms with Crippen LogP contribution in [0.15, 0.2) is 13.2 Å². The molecule has 0 aliphatic heterocycles. The zero-order chi connectivity index (χ0) is 11.8. The first-order chi connectivity index (χ1) is 7.41. The van der Waals surface area contributed by atoms with Crippen LogP contribution in [0.1, 0.15) is 71.1 Å². The number of hydrogen-bond donors (Lipinski definition) is 0. The largest absolute Gasteiger partial charge is 0.106 e. The molecule has 0 unspecified atom stereocenters. The number of unbranched alkanes of at least 4 members (excludes halogenated alkanes) is 9. The summed E-state index contributed by atoms with van der Waals surface area (Å²) in [4.78, 5) is 0. The van der Waals surface area contributed by atoms with Gasteiger partial charge in [-0.2, -0.15) is 0 Å². The Balaban J connectivity index is 0. The molecule has 0 nitrogen and oxygen atoms in total. The van der Waals surface area contributed by atoms with Crippen molar-refractivity contribution in [2.75, 3.05) is 0 Å². The molecule has 0 saturated carbocycles. The van der Waals surface area contributed by atoms with Crippen molar-refractivity contribution in [3.63, 3.8) is 0 Å². The van der Waals surface area contributed by atoms with Crippen LogP contribution in [-0.4, -0.2) is 10.2 Å². The first-order valence-electron chi connectivity index (χ1n) is 6.91. The molecule has 0 bridgehead atoms. The molecule has 92 valence electrons. The Hall–Kier alpha value is -0.0431. The molecule has 0 aromatic rings. The van der Waals surface area contributed by atoms with Crippen LogP contribution in [0.5, 0.6) is 0 Å². The van der Waals surface area contributed by atoms with E-state index in [-0.39, 0.29) is 0 Å². The average molecular weight is 228 g/mol. The highest BCUT2D eigenvalue weighted by atomic mass is 28.1. The van der Waals surface area contributed by atoms with Crippen molar-refractivity contribution >= 4 is 10.2 Å². The topological polar surface area (TPSA) is 0 Å². The van der Waals surface area contributed by atoms with Crippen LogP contribution in [0.3, 0.4) is 0 Å². The van der Waals surface area contributed by atoms with Crippen molar-refractivity contribution in [1.82, 2.24) is 0 Å². The maximum Gasteiger partial charge on any atom is 0.00279 e. The molecule has 0 radical (unpaired) electrons. The quantitative estimate of drug-likeness (QED) is 0.293. The molecule has 15 heavy (non-hydrogen) atoms. The van der Waals surface area contributed by atoms with E-state index in [4.69, 9.17) is 0 Å². The molecule has 0 spiro atoms. The maximum atomic E-state index is 3.00. The van der Waals surface area contributed by atoms with E-state index in [0.717, 1.165) is 0 Å². The highest BCUT2D eigenvalue weighted by molar-refractivity contribution is 6.08. The third-order valence-electron chi connectivity index (χ3n) is 2.71. The molecule has 0 amide bonds. The van der Waals surface area contributed by atoms with Crippen molar-refractivity contribution in [3.8, 4) is 0 Å². The van der Waals surface area contributed by atoms with E-state index in [1.165, 1.54) is 80.5 Å². The summed E-state index contributed by atoms with van der Waals surface area (Å²) in [6.07, 6.45) is 14.7. The monoisotopic (exact) mass is 228 g/mol. The Bertz CT molecular complexity index is 81.3. The van der Waals surface area contributed by atoms with Crippen LogP contribution in [0.25, 0.3) is 0 Å². The van der Waals surface area contributed by atoms with E-state index >= 15 is 0 Å². The van der Waals surface area contributed by atoms with E-state index in [9.17, 15) is 0 Å². The van der Waals surface area contributed by atoms with Gasteiger partial charge in [0.2, 0.25) is 0 Å². The fourth-order valence-corrected chi connectivity index (χ4v) is 2.24. The minimum atomic E-state index is 1.38. The Morgan fingerprint density at radius 3 is 1.33 bits per heavy atom. The predicted molar refractivity (Wildman–Crippen MR) is 77.8 cm³/mol. The van der Waals surface area contributed by atoms with Gasteiger partial charge in [-0.25, -0.2) is 0 Å². The summed E-state index contributed by atoms with van der Waals surface area (Å²) in [6.45, 7) is 8.29. The van der Waals surface area contributed by atoms with Crippen LogP contribution in [0.4, 0.5) is 0 Å². The molecule has 0 saturated heterocycles. The van der Waals surface area contributed by atoms with Gasteiger partial charge in [-0.05, 0) is 0 Å². The van der Waals surface area contributed by atoms with E-state index in [0.29, 0.717) is 0 Å². The summed E-state index contributed by atoms with van der Waals surface area (Å²) in [5.74, 6) is 0. The van der Waals surface area contributed by atoms with Gasteiger partial charge in [-0.15, -0.1) is 13.2 Å².